The minimum absolute atomic E-state index is 0.0715. The Morgan fingerprint density at radius 3 is 1.38 bits per heavy atom. The number of fused-ring (bicyclic) bond motifs is 4. The van der Waals surface area contributed by atoms with Crippen LogP contribution in [0.25, 0.3) is 0 Å². The van der Waals surface area contributed by atoms with Crippen LogP contribution in [0.5, 0.6) is 0 Å². The van der Waals surface area contributed by atoms with Crippen LogP contribution in [-0.4, -0.2) is 147 Å². The molecule has 13 rings (SSSR count). The maximum Gasteiger partial charge on any atom is 0.308 e. The van der Waals surface area contributed by atoms with E-state index in [1.807, 2.05) is 27.7 Å². The van der Waals surface area contributed by atoms with E-state index < -0.39 is 171 Å². The first-order chi connectivity index (χ1) is 42.7. The van der Waals surface area contributed by atoms with Gasteiger partial charge < -0.3 is 62.2 Å². The molecule has 10 saturated heterocycles. The number of methoxy groups -OCH3 is 1. The molecule has 90 heavy (non-hydrogen) atoms. The number of amides is 1. The Morgan fingerprint density at radius 2 is 0.922 bits per heavy atom. The zero-order chi connectivity index (χ0) is 64.4. The Labute approximate surface area is 525 Å². The summed E-state index contributed by atoms with van der Waals surface area (Å²) in [6.07, 6.45) is 2.00. The van der Waals surface area contributed by atoms with Gasteiger partial charge in [0.1, 0.15) is 31.0 Å². The van der Waals surface area contributed by atoms with Crippen molar-refractivity contribution in [1.29, 1.82) is 0 Å². The Balaban J connectivity index is 0.702. The second-order valence-corrected chi connectivity index (χ2v) is 29.0. The van der Waals surface area contributed by atoms with E-state index in [9.17, 15) is 33.6 Å². The summed E-state index contributed by atoms with van der Waals surface area (Å²) in [5.74, 6) is -8.12. The largest absolute Gasteiger partial charge is 0.463 e. The van der Waals surface area contributed by atoms with Crippen LogP contribution >= 0.6 is 0 Å². The molecule has 0 radical (unpaired) electrons. The van der Waals surface area contributed by atoms with Gasteiger partial charge in [-0.3, -0.25) is 33.6 Å². The summed E-state index contributed by atoms with van der Waals surface area (Å²) in [4.78, 5) is 130. The van der Waals surface area contributed by atoms with E-state index >= 15 is 0 Å². The number of rotatable bonds is 21. The Bertz CT molecular complexity index is 2570. The number of carbonyl (C=O) groups excluding carboxylic acids is 7. The van der Waals surface area contributed by atoms with Gasteiger partial charge in [0.2, 0.25) is 36.9 Å². The third-order valence-corrected chi connectivity index (χ3v) is 23.4. The second kappa shape index (κ2) is 25.8. The maximum atomic E-state index is 13.5. The van der Waals surface area contributed by atoms with Crippen LogP contribution in [-0.2, 0) is 120 Å². The molecular formula is C64H95NO25. The Morgan fingerprint density at radius 1 is 0.489 bits per heavy atom. The minimum atomic E-state index is -1.92. The quantitative estimate of drug-likeness (QED) is 0.0507. The molecule has 0 aromatic rings. The molecule has 26 heteroatoms. The van der Waals surface area contributed by atoms with Crippen molar-refractivity contribution in [2.24, 2.45) is 70.5 Å². The van der Waals surface area contributed by atoms with Crippen LogP contribution in [0.4, 0.5) is 0 Å². The monoisotopic (exact) mass is 1280 g/mol. The molecule has 506 valence electrons. The average molecular weight is 1280 g/mol. The maximum absolute atomic E-state index is 13.5. The summed E-state index contributed by atoms with van der Waals surface area (Å²) < 4.78 is 72.0. The third kappa shape index (κ3) is 12.3. The minimum Gasteiger partial charge on any atom is -0.463 e. The van der Waals surface area contributed by atoms with Gasteiger partial charge in [0.25, 0.3) is 0 Å². The molecule has 0 aromatic carbocycles. The van der Waals surface area contributed by atoms with Crippen LogP contribution in [0.2, 0.25) is 0 Å². The molecular weight excluding hydrogens is 1180 g/mol. The third-order valence-electron chi connectivity index (χ3n) is 23.4. The number of carbonyl (C=O) groups is 7. The van der Waals surface area contributed by atoms with Gasteiger partial charge >= 0.3 is 35.8 Å². The van der Waals surface area contributed by atoms with Crippen molar-refractivity contribution < 1.29 is 120 Å². The van der Waals surface area contributed by atoms with Crippen LogP contribution in [0.15, 0.2) is 0 Å². The molecule has 4 bridgehead atoms. The normalized spacial score (nSPS) is 44.8. The van der Waals surface area contributed by atoms with Crippen molar-refractivity contribution in [3.63, 3.8) is 0 Å². The highest BCUT2D eigenvalue weighted by Crippen LogP contribution is 2.64. The molecule has 3 aliphatic carbocycles. The van der Waals surface area contributed by atoms with Crippen molar-refractivity contribution >= 4 is 42.2 Å². The van der Waals surface area contributed by atoms with E-state index in [1.54, 1.807) is 21.0 Å². The zero-order valence-electron chi connectivity index (χ0n) is 54.1. The second-order valence-electron chi connectivity index (χ2n) is 29.0. The fourth-order valence-corrected chi connectivity index (χ4v) is 17.4. The molecule has 3 spiro atoms. The first-order valence-electron chi connectivity index (χ1n) is 32.9. The lowest BCUT2D eigenvalue weighted by atomic mass is 9.50. The Kier molecular flexibility index (Phi) is 19.3. The van der Waals surface area contributed by atoms with Gasteiger partial charge in [0.05, 0.1) is 45.1 Å². The van der Waals surface area contributed by atoms with E-state index in [1.165, 1.54) is 0 Å². The van der Waals surface area contributed by atoms with Gasteiger partial charge in [-0.1, -0.05) is 48.5 Å². The first-order valence-corrected chi connectivity index (χ1v) is 32.9. The predicted octanol–water partition coefficient (Wildman–Crippen LogP) is 7.38. The molecule has 1 N–H and O–H groups in total. The van der Waals surface area contributed by atoms with Crippen LogP contribution < -0.4 is 5.32 Å². The van der Waals surface area contributed by atoms with Crippen LogP contribution in [0.3, 0.4) is 0 Å². The predicted molar refractivity (Wildman–Crippen MR) is 303 cm³/mol. The standard InChI is InChI=1S/C64H95NO25/c1-35-12-14-44-38(4)52(81-55-63(44)42(35)24-28-59(9,83-55)86-89-63)78-49(70)19-16-46(67)74-30-61(65-34-66,31-75-47(68)17-20-50(71)79-53-39(5)45-15-13-36(2)43-25-29-60(10)84-56(82-53)64(43,45)90-87-60)32-76-48(69)18-21-51(72)80-54-40(6)57(7)26-22-37(3)41-23-27-58(8,73-11)85-88-62(41,57)33-77-54/h34-45,52-56H,12-33H2,1-11H3,(H,65,66)/t35-,36-,37-,38-,39-,40+,41+,42+,43+,44+,45+,52-,53-,54+,55-,56-,57+,58-,59-,60-,62-,63-,64-/m1/s1. The van der Waals surface area contributed by atoms with Gasteiger partial charge in [0, 0.05) is 61.4 Å². The summed E-state index contributed by atoms with van der Waals surface area (Å²) >= 11 is 0. The van der Waals surface area contributed by atoms with E-state index in [0.717, 1.165) is 57.8 Å². The Hall–Kier alpha value is -4.19. The van der Waals surface area contributed by atoms with E-state index in [2.05, 4.69) is 33.0 Å². The lowest BCUT2D eigenvalue weighted by Gasteiger charge is -2.61. The fraction of sp³-hybridized carbons (Fsp3) is 0.891. The number of esters is 6. The first kappa shape index (κ1) is 67.2. The number of hydrogen-bond acceptors (Lipinski definition) is 25. The van der Waals surface area contributed by atoms with Crippen molar-refractivity contribution in [3.05, 3.63) is 0 Å². The molecule has 1 amide bonds. The number of ether oxygens (including phenoxy) is 12. The SMILES string of the molecule is CO[C@@]1(C)CC[C@H]2[C@H](C)CC[C@@]3(C)[C@@H](C)[C@H](OC(=O)CCC(=O)OCC(COC(=O)CCC(=O)O[C@@H]4O[C@@H]5O[C@@]6(C)CC[C@H]7[C@H](C)CC[C@@H]([C@H]4C)[C@@]57OO6)(COC(=O)CCC(=O)O[C@@H]4O[C@@H]5O[C@@]6(C)CC[C@H]7[C@H](C)CC[C@@H]([C@H]4C)[C@@]57OO6)NC=O)OC[C@@]23OO1. The highest BCUT2D eigenvalue weighted by Gasteiger charge is 2.72. The molecule has 10 aliphatic heterocycles. The average Bonchev–Trinajstić information content (AvgIpc) is 1.19. The smallest absolute Gasteiger partial charge is 0.308 e. The van der Waals surface area contributed by atoms with Gasteiger partial charge in [0.15, 0.2) is 29.6 Å². The van der Waals surface area contributed by atoms with Gasteiger partial charge in [-0.2, -0.15) is 0 Å². The van der Waals surface area contributed by atoms with Crippen molar-refractivity contribution in [2.45, 2.75) is 256 Å². The van der Waals surface area contributed by atoms with Crippen molar-refractivity contribution in [3.8, 4) is 0 Å². The molecule has 13 aliphatic rings. The van der Waals surface area contributed by atoms with E-state index in [-0.39, 0.29) is 60.4 Å². The van der Waals surface area contributed by atoms with E-state index in [0.29, 0.717) is 37.0 Å². The lowest BCUT2D eigenvalue weighted by Crippen LogP contribution is -2.70. The molecule has 0 unspecified atom stereocenters. The summed E-state index contributed by atoms with van der Waals surface area (Å²) in [5, 5.41) is 2.49. The number of hydrogen-bond donors (Lipinski definition) is 1. The molecule has 13 fully saturated rings. The molecule has 26 nitrogen and oxygen atoms in total. The van der Waals surface area contributed by atoms with E-state index in [4.69, 9.17) is 86.2 Å². The van der Waals surface area contributed by atoms with Crippen LogP contribution in [0.1, 0.15) is 185 Å². The van der Waals surface area contributed by atoms with Crippen molar-refractivity contribution in [1.82, 2.24) is 5.32 Å². The van der Waals surface area contributed by atoms with Gasteiger partial charge in [-0.15, -0.1) is 0 Å². The summed E-state index contributed by atoms with van der Waals surface area (Å²) in [6.45, 7) is 17.8. The highest BCUT2D eigenvalue weighted by molar-refractivity contribution is 5.79. The zero-order valence-corrected chi connectivity index (χ0v) is 54.1. The molecule has 3 saturated carbocycles. The highest BCUT2D eigenvalue weighted by atomic mass is 17.3. The summed E-state index contributed by atoms with van der Waals surface area (Å²) in [6, 6.07) is 0. The fourth-order valence-electron chi connectivity index (χ4n) is 17.4. The number of nitrogens with one attached hydrogen (secondary N) is 1. The van der Waals surface area contributed by atoms with Gasteiger partial charge in [-0.05, 0) is 114 Å². The topological polar surface area (TPSA) is 298 Å². The molecule has 23 atom stereocenters. The summed E-state index contributed by atoms with van der Waals surface area (Å²) in [7, 11) is 1.58. The lowest BCUT2D eigenvalue weighted by molar-refractivity contribution is -0.576. The van der Waals surface area contributed by atoms with Gasteiger partial charge in [-0.25, -0.2) is 29.3 Å². The van der Waals surface area contributed by atoms with Crippen LogP contribution in [0, 0.1) is 70.5 Å². The molecule has 0 aromatic heterocycles. The van der Waals surface area contributed by atoms with Crippen molar-refractivity contribution in [2.75, 3.05) is 33.5 Å². The summed E-state index contributed by atoms with van der Waals surface area (Å²) in [5.41, 5.74) is -5.08. The molecule has 10 heterocycles.